The van der Waals surface area contributed by atoms with E-state index in [2.05, 4.69) is 19.9 Å². The van der Waals surface area contributed by atoms with Gasteiger partial charge in [0, 0.05) is 19.8 Å². The predicted octanol–water partition coefficient (Wildman–Crippen LogP) is 2.04. The lowest BCUT2D eigenvalue weighted by molar-refractivity contribution is 0.643. The van der Waals surface area contributed by atoms with Crippen LogP contribution in [0.25, 0.3) is 16.9 Å². The van der Waals surface area contributed by atoms with Crippen molar-refractivity contribution in [1.29, 1.82) is 0 Å². The highest BCUT2D eigenvalue weighted by Crippen LogP contribution is 2.22. The fraction of sp³-hybridized carbons (Fsp3) is 0.143. The highest BCUT2D eigenvalue weighted by Gasteiger charge is 2.10. The molecule has 0 N–H and O–H groups in total. The van der Waals surface area contributed by atoms with E-state index in [0.29, 0.717) is 11.3 Å². The van der Waals surface area contributed by atoms with Gasteiger partial charge in [-0.1, -0.05) is 18.2 Å². The summed E-state index contributed by atoms with van der Waals surface area (Å²) in [4.78, 5) is 19.0. The van der Waals surface area contributed by atoms with Crippen molar-refractivity contribution in [2.24, 2.45) is 4.99 Å². The lowest BCUT2D eigenvalue weighted by atomic mass is 10.3. The van der Waals surface area contributed by atoms with E-state index in [1.807, 2.05) is 53.9 Å². The van der Waals surface area contributed by atoms with Crippen LogP contribution in [0.15, 0.2) is 48.0 Å². The van der Waals surface area contributed by atoms with Crippen molar-refractivity contribution in [3.8, 4) is 5.69 Å². The summed E-state index contributed by atoms with van der Waals surface area (Å²) in [5.74, 6) is 0.568. The van der Waals surface area contributed by atoms with Crippen LogP contribution in [-0.4, -0.2) is 44.9 Å². The minimum absolute atomic E-state index is 0.568. The molecular weight excluding hydrogens is 252 g/mol. The van der Waals surface area contributed by atoms with Crippen molar-refractivity contribution < 1.29 is 0 Å². The van der Waals surface area contributed by atoms with E-state index >= 15 is 0 Å². The third-order valence-electron chi connectivity index (χ3n) is 2.76. The SMILES string of the molecule is CN(C)/C=N/c1ncnc2c1ncn2-c1ccccc1. The normalized spacial score (nSPS) is 11.3. The zero-order valence-electron chi connectivity index (χ0n) is 11.3. The minimum Gasteiger partial charge on any atom is -0.369 e. The second-order valence-corrected chi connectivity index (χ2v) is 4.53. The Kier molecular flexibility index (Phi) is 3.12. The molecule has 0 fully saturated rings. The molecule has 6 heteroatoms. The number of nitrogens with zero attached hydrogens (tertiary/aromatic N) is 6. The minimum atomic E-state index is 0.568. The molecule has 2 heterocycles. The molecule has 0 aliphatic carbocycles. The number of rotatable bonds is 3. The summed E-state index contributed by atoms with van der Waals surface area (Å²) in [6, 6.07) is 9.95. The molecular formula is C14H14N6. The van der Waals surface area contributed by atoms with Crippen molar-refractivity contribution in [3.05, 3.63) is 43.0 Å². The van der Waals surface area contributed by atoms with Crippen molar-refractivity contribution in [1.82, 2.24) is 24.4 Å². The first-order valence-corrected chi connectivity index (χ1v) is 6.20. The van der Waals surface area contributed by atoms with Crippen LogP contribution in [-0.2, 0) is 0 Å². The van der Waals surface area contributed by atoms with Gasteiger partial charge in [-0.05, 0) is 12.1 Å². The first-order valence-electron chi connectivity index (χ1n) is 6.20. The van der Waals surface area contributed by atoms with E-state index < -0.39 is 0 Å². The van der Waals surface area contributed by atoms with Crippen LogP contribution in [0.5, 0.6) is 0 Å². The van der Waals surface area contributed by atoms with E-state index in [0.717, 1.165) is 11.3 Å². The Labute approximate surface area is 116 Å². The van der Waals surface area contributed by atoms with Crippen LogP contribution >= 0.6 is 0 Å². The van der Waals surface area contributed by atoms with Crippen LogP contribution in [0.1, 0.15) is 0 Å². The smallest absolute Gasteiger partial charge is 0.185 e. The number of para-hydroxylation sites is 1. The first-order chi connectivity index (χ1) is 9.75. The summed E-state index contributed by atoms with van der Waals surface area (Å²) in [6.45, 7) is 0. The Morgan fingerprint density at radius 3 is 2.65 bits per heavy atom. The van der Waals surface area contributed by atoms with Crippen LogP contribution in [0.2, 0.25) is 0 Å². The van der Waals surface area contributed by atoms with Crippen molar-refractivity contribution in [2.45, 2.75) is 0 Å². The topological polar surface area (TPSA) is 59.2 Å². The number of hydrogen-bond donors (Lipinski definition) is 0. The van der Waals surface area contributed by atoms with Gasteiger partial charge >= 0.3 is 0 Å². The van der Waals surface area contributed by atoms with Gasteiger partial charge in [0.15, 0.2) is 17.0 Å². The van der Waals surface area contributed by atoms with E-state index in [-0.39, 0.29) is 0 Å². The predicted molar refractivity (Wildman–Crippen MR) is 78.5 cm³/mol. The van der Waals surface area contributed by atoms with E-state index in [9.17, 15) is 0 Å². The summed E-state index contributed by atoms with van der Waals surface area (Å²) in [5, 5.41) is 0. The zero-order valence-corrected chi connectivity index (χ0v) is 11.3. The quantitative estimate of drug-likeness (QED) is 0.537. The molecule has 0 saturated carbocycles. The number of benzene rings is 1. The largest absolute Gasteiger partial charge is 0.369 e. The highest BCUT2D eigenvalue weighted by atomic mass is 15.2. The molecule has 3 rings (SSSR count). The van der Waals surface area contributed by atoms with Gasteiger partial charge < -0.3 is 4.90 Å². The maximum Gasteiger partial charge on any atom is 0.185 e. The second-order valence-electron chi connectivity index (χ2n) is 4.53. The number of aliphatic imine (C=N–C) groups is 1. The van der Waals surface area contributed by atoms with Crippen molar-refractivity contribution in [3.63, 3.8) is 0 Å². The van der Waals surface area contributed by atoms with Gasteiger partial charge in [0.1, 0.15) is 12.7 Å². The van der Waals surface area contributed by atoms with Crippen LogP contribution in [0.3, 0.4) is 0 Å². The summed E-state index contributed by atoms with van der Waals surface area (Å²) in [7, 11) is 3.81. The van der Waals surface area contributed by atoms with Crippen LogP contribution in [0, 0.1) is 0 Å². The molecule has 0 unspecified atom stereocenters. The third-order valence-corrected chi connectivity index (χ3v) is 2.76. The molecule has 0 aliphatic rings. The number of imidazole rings is 1. The molecule has 0 spiro atoms. The van der Waals surface area contributed by atoms with E-state index in [1.165, 1.54) is 6.33 Å². The van der Waals surface area contributed by atoms with Crippen LogP contribution < -0.4 is 0 Å². The Balaban J connectivity index is 2.13. The lowest BCUT2D eigenvalue weighted by Crippen LogP contribution is -2.07. The summed E-state index contributed by atoms with van der Waals surface area (Å²) < 4.78 is 1.92. The number of hydrogen-bond acceptors (Lipinski definition) is 4. The molecule has 0 amide bonds. The molecule has 100 valence electrons. The van der Waals surface area contributed by atoms with Crippen molar-refractivity contribution >= 4 is 23.3 Å². The Morgan fingerprint density at radius 1 is 1.10 bits per heavy atom. The number of aromatic nitrogens is 4. The molecule has 6 nitrogen and oxygen atoms in total. The molecule has 0 radical (unpaired) electrons. The summed E-state index contributed by atoms with van der Waals surface area (Å²) in [5.41, 5.74) is 2.45. The zero-order chi connectivity index (χ0) is 13.9. The lowest BCUT2D eigenvalue weighted by Gasteiger charge is -2.03. The van der Waals surface area contributed by atoms with E-state index in [1.54, 1.807) is 12.7 Å². The molecule has 20 heavy (non-hydrogen) atoms. The van der Waals surface area contributed by atoms with Gasteiger partial charge in [-0.2, -0.15) is 0 Å². The van der Waals surface area contributed by atoms with Gasteiger partial charge in [0.25, 0.3) is 0 Å². The molecule has 0 bridgehead atoms. The molecule has 2 aromatic heterocycles. The Bertz CT molecular complexity index is 745. The van der Waals surface area contributed by atoms with Crippen LogP contribution in [0.4, 0.5) is 5.82 Å². The monoisotopic (exact) mass is 266 g/mol. The molecule has 1 aromatic carbocycles. The Hall–Kier alpha value is -2.76. The maximum atomic E-state index is 4.38. The molecule has 0 atom stereocenters. The number of fused-ring (bicyclic) bond motifs is 1. The second kappa shape index (κ2) is 5.08. The van der Waals surface area contributed by atoms with Gasteiger partial charge in [-0.3, -0.25) is 4.57 Å². The van der Waals surface area contributed by atoms with Gasteiger partial charge in [-0.25, -0.2) is 19.9 Å². The molecule has 0 saturated heterocycles. The highest BCUT2D eigenvalue weighted by molar-refractivity contribution is 5.84. The van der Waals surface area contributed by atoms with E-state index in [4.69, 9.17) is 0 Å². The molecule has 3 aromatic rings. The van der Waals surface area contributed by atoms with Gasteiger partial charge in [-0.15, -0.1) is 0 Å². The Morgan fingerprint density at radius 2 is 1.90 bits per heavy atom. The molecule has 0 aliphatic heterocycles. The van der Waals surface area contributed by atoms with Crippen molar-refractivity contribution in [2.75, 3.05) is 14.1 Å². The first kappa shape index (κ1) is 12.3. The average Bonchev–Trinajstić information content (AvgIpc) is 2.90. The fourth-order valence-corrected chi connectivity index (χ4v) is 1.86. The maximum absolute atomic E-state index is 4.38. The average molecular weight is 266 g/mol. The third kappa shape index (κ3) is 2.23. The fourth-order valence-electron chi connectivity index (χ4n) is 1.86. The summed E-state index contributed by atoms with van der Waals surface area (Å²) in [6.07, 6.45) is 4.94. The summed E-state index contributed by atoms with van der Waals surface area (Å²) >= 11 is 0. The standard InChI is InChI=1S/C14H14N6/c1-19(2)9-18-13-12-14(16-8-15-13)20(10-17-12)11-6-4-3-5-7-11/h3-10H,1-2H3/b18-9+. The van der Waals surface area contributed by atoms with Gasteiger partial charge in [0.2, 0.25) is 0 Å². The van der Waals surface area contributed by atoms with Gasteiger partial charge in [0.05, 0.1) is 6.34 Å².